The van der Waals surface area contributed by atoms with Gasteiger partial charge in [-0.15, -0.1) is 0 Å². The van der Waals surface area contributed by atoms with Crippen LogP contribution < -0.4 is 5.73 Å². The van der Waals surface area contributed by atoms with Crippen LogP contribution in [0.25, 0.3) is 10.9 Å². The minimum atomic E-state index is -1.04. The van der Waals surface area contributed by atoms with E-state index in [0.29, 0.717) is 5.15 Å². The van der Waals surface area contributed by atoms with E-state index in [2.05, 4.69) is 20.9 Å². The zero-order valence-electron chi connectivity index (χ0n) is 8.71. The van der Waals surface area contributed by atoms with Gasteiger partial charge in [-0.3, -0.25) is 4.79 Å². The average molecular weight is 318 g/mol. The molecule has 0 bridgehead atoms. The predicted molar refractivity (Wildman–Crippen MR) is 70.3 cm³/mol. The van der Waals surface area contributed by atoms with Gasteiger partial charge in [-0.05, 0) is 17.7 Å². The summed E-state index contributed by atoms with van der Waals surface area (Å²) in [5.41, 5.74) is 7.11. The number of halogens is 2. The molecular weight excluding hydrogens is 307 g/mol. The Hall–Kier alpha value is -1.04. The number of hydrogen-bond donors (Lipinski definition) is 3. The Morgan fingerprint density at radius 3 is 2.94 bits per heavy atom. The first kappa shape index (κ1) is 12.4. The second-order valence-electron chi connectivity index (χ2n) is 3.73. The van der Waals surface area contributed by atoms with Crippen molar-refractivity contribution in [2.45, 2.75) is 12.5 Å². The summed E-state index contributed by atoms with van der Waals surface area (Å²) in [5.74, 6) is -1.04. The number of H-pyrrole nitrogens is 1. The molecule has 0 saturated carbocycles. The lowest BCUT2D eigenvalue weighted by Gasteiger charge is -2.06. The molecule has 0 aliphatic heterocycles. The molecule has 17 heavy (non-hydrogen) atoms. The van der Waals surface area contributed by atoms with Crippen molar-refractivity contribution in [3.05, 3.63) is 33.4 Å². The molecular formula is C11H10BrClN2O2. The van der Waals surface area contributed by atoms with Crippen molar-refractivity contribution in [1.82, 2.24) is 4.98 Å². The molecule has 0 spiro atoms. The molecule has 2 aromatic rings. The zero-order chi connectivity index (χ0) is 12.6. The summed E-state index contributed by atoms with van der Waals surface area (Å²) in [7, 11) is 0. The number of aliphatic carboxylic acids is 1. The molecule has 0 aliphatic carbocycles. The van der Waals surface area contributed by atoms with Crippen molar-refractivity contribution in [2.24, 2.45) is 5.73 Å². The van der Waals surface area contributed by atoms with Crippen molar-refractivity contribution < 1.29 is 9.90 Å². The van der Waals surface area contributed by atoms with E-state index in [9.17, 15) is 4.79 Å². The molecule has 90 valence electrons. The molecule has 4 nitrogen and oxygen atoms in total. The van der Waals surface area contributed by atoms with Crippen LogP contribution in [0.1, 0.15) is 5.56 Å². The number of carbonyl (C=O) groups is 1. The van der Waals surface area contributed by atoms with Crippen LogP contribution in [-0.4, -0.2) is 22.1 Å². The van der Waals surface area contributed by atoms with Gasteiger partial charge >= 0.3 is 5.97 Å². The highest BCUT2D eigenvalue weighted by atomic mass is 79.9. The van der Waals surface area contributed by atoms with Crippen LogP contribution in [-0.2, 0) is 11.2 Å². The fourth-order valence-corrected chi connectivity index (χ4v) is 2.62. The molecule has 1 unspecified atom stereocenters. The van der Waals surface area contributed by atoms with Crippen molar-refractivity contribution in [3.63, 3.8) is 0 Å². The summed E-state index contributed by atoms with van der Waals surface area (Å²) in [5, 5.41) is 10.1. The van der Waals surface area contributed by atoms with Crippen LogP contribution in [0.2, 0.25) is 5.15 Å². The monoisotopic (exact) mass is 316 g/mol. The van der Waals surface area contributed by atoms with Gasteiger partial charge < -0.3 is 15.8 Å². The normalized spacial score (nSPS) is 12.9. The van der Waals surface area contributed by atoms with Gasteiger partial charge in [-0.1, -0.05) is 33.6 Å². The third kappa shape index (κ3) is 2.31. The van der Waals surface area contributed by atoms with E-state index in [1.54, 1.807) is 0 Å². The van der Waals surface area contributed by atoms with Crippen LogP contribution in [0.5, 0.6) is 0 Å². The van der Waals surface area contributed by atoms with Crippen LogP contribution in [0.4, 0.5) is 0 Å². The highest BCUT2D eigenvalue weighted by Gasteiger charge is 2.19. The summed E-state index contributed by atoms with van der Waals surface area (Å²) < 4.78 is 0.866. The molecule has 0 aliphatic rings. The van der Waals surface area contributed by atoms with E-state index in [0.717, 1.165) is 20.9 Å². The third-order valence-electron chi connectivity index (χ3n) is 2.57. The van der Waals surface area contributed by atoms with Gasteiger partial charge in [0, 0.05) is 21.8 Å². The van der Waals surface area contributed by atoms with Gasteiger partial charge in [0.1, 0.15) is 11.2 Å². The fraction of sp³-hybridized carbons (Fsp3) is 0.182. The molecule has 0 saturated heterocycles. The van der Waals surface area contributed by atoms with Crippen LogP contribution >= 0.6 is 27.5 Å². The Balaban J connectivity index is 2.53. The van der Waals surface area contributed by atoms with E-state index >= 15 is 0 Å². The Labute approximate surface area is 111 Å². The first-order valence-electron chi connectivity index (χ1n) is 4.93. The Morgan fingerprint density at radius 1 is 1.59 bits per heavy atom. The van der Waals surface area contributed by atoms with Gasteiger partial charge in [0.25, 0.3) is 0 Å². The van der Waals surface area contributed by atoms with Crippen molar-refractivity contribution in [2.75, 3.05) is 0 Å². The summed E-state index contributed by atoms with van der Waals surface area (Å²) in [6.45, 7) is 0. The summed E-state index contributed by atoms with van der Waals surface area (Å²) in [6, 6.07) is 4.67. The second kappa shape index (κ2) is 4.68. The highest BCUT2D eigenvalue weighted by Crippen LogP contribution is 2.32. The first-order chi connectivity index (χ1) is 8.00. The molecule has 1 aromatic heterocycles. The minimum absolute atomic E-state index is 0.191. The highest BCUT2D eigenvalue weighted by molar-refractivity contribution is 9.10. The Morgan fingerprint density at radius 2 is 2.29 bits per heavy atom. The van der Waals surface area contributed by atoms with Gasteiger partial charge in [-0.25, -0.2) is 0 Å². The number of carboxylic acids is 1. The smallest absolute Gasteiger partial charge is 0.320 e. The average Bonchev–Trinajstić information content (AvgIpc) is 2.56. The molecule has 4 N–H and O–H groups in total. The van der Waals surface area contributed by atoms with E-state index in [1.807, 2.05) is 18.2 Å². The lowest BCUT2D eigenvalue weighted by Crippen LogP contribution is -2.32. The number of hydrogen-bond acceptors (Lipinski definition) is 2. The number of fused-ring (bicyclic) bond motifs is 1. The lowest BCUT2D eigenvalue weighted by atomic mass is 10.1. The maximum absolute atomic E-state index is 10.8. The second-order valence-corrected chi connectivity index (χ2v) is 4.96. The SMILES string of the molecule is NC(Cc1c(Cl)[nH]c2cccc(Br)c12)C(=O)O. The molecule has 1 atom stereocenters. The van der Waals surface area contributed by atoms with Crippen LogP contribution in [0.15, 0.2) is 22.7 Å². The lowest BCUT2D eigenvalue weighted by molar-refractivity contribution is -0.138. The molecule has 1 heterocycles. The topological polar surface area (TPSA) is 79.1 Å². The molecule has 2 rings (SSSR count). The van der Waals surface area contributed by atoms with Gasteiger partial charge in [0.2, 0.25) is 0 Å². The number of carboxylic acid groups (broad SMARTS) is 1. The fourth-order valence-electron chi connectivity index (χ4n) is 1.74. The quantitative estimate of drug-likeness (QED) is 0.814. The Kier molecular flexibility index (Phi) is 3.42. The third-order valence-corrected chi connectivity index (χ3v) is 3.55. The number of nitrogens with one attached hydrogen (secondary N) is 1. The molecule has 0 amide bonds. The van der Waals surface area contributed by atoms with E-state index in [1.165, 1.54) is 0 Å². The molecule has 6 heteroatoms. The van der Waals surface area contributed by atoms with Gasteiger partial charge in [-0.2, -0.15) is 0 Å². The first-order valence-corrected chi connectivity index (χ1v) is 6.10. The van der Waals surface area contributed by atoms with Gasteiger partial charge in [0.15, 0.2) is 0 Å². The Bertz CT molecular complexity index is 582. The van der Waals surface area contributed by atoms with E-state index in [4.69, 9.17) is 22.4 Å². The summed E-state index contributed by atoms with van der Waals surface area (Å²) >= 11 is 9.48. The molecule has 0 fully saturated rings. The van der Waals surface area contributed by atoms with Crippen LogP contribution in [0.3, 0.4) is 0 Å². The predicted octanol–water partition coefficient (Wildman–Crippen LogP) is 2.54. The summed E-state index contributed by atoms with van der Waals surface area (Å²) in [4.78, 5) is 13.8. The van der Waals surface area contributed by atoms with Crippen molar-refractivity contribution in [3.8, 4) is 0 Å². The number of aromatic nitrogens is 1. The van der Waals surface area contributed by atoms with Crippen molar-refractivity contribution >= 4 is 44.4 Å². The summed E-state index contributed by atoms with van der Waals surface area (Å²) in [6.07, 6.45) is 0.191. The van der Waals surface area contributed by atoms with E-state index in [-0.39, 0.29) is 6.42 Å². The molecule has 1 aromatic carbocycles. The minimum Gasteiger partial charge on any atom is -0.480 e. The van der Waals surface area contributed by atoms with E-state index < -0.39 is 12.0 Å². The number of nitrogens with two attached hydrogens (primary N) is 1. The van der Waals surface area contributed by atoms with Crippen molar-refractivity contribution in [1.29, 1.82) is 0 Å². The zero-order valence-corrected chi connectivity index (χ0v) is 11.0. The maximum Gasteiger partial charge on any atom is 0.320 e. The maximum atomic E-state index is 10.8. The van der Waals surface area contributed by atoms with Gasteiger partial charge in [0.05, 0.1) is 0 Å². The standard InChI is InChI=1S/C11H10BrClN2O2/c12-6-2-1-3-8-9(6)5(10(13)15-8)4-7(14)11(16)17/h1-3,7,15H,4,14H2,(H,16,17). The number of benzene rings is 1. The number of aromatic amines is 1. The van der Waals surface area contributed by atoms with Crippen LogP contribution in [0, 0.1) is 0 Å². The largest absolute Gasteiger partial charge is 0.480 e. The number of rotatable bonds is 3. The molecule has 0 radical (unpaired) electrons.